The highest BCUT2D eigenvalue weighted by Crippen LogP contribution is 2.31. The van der Waals surface area contributed by atoms with Gasteiger partial charge >= 0.3 is 0 Å². The Morgan fingerprint density at radius 3 is 1.41 bits per heavy atom. The molecule has 0 aliphatic rings. The van der Waals surface area contributed by atoms with Crippen molar-refractivity contribution in [1.29, 1.82) is 0 Å². The number of hydrogen-bond acceptors (Lipinski definition) is 2. The zero-order valence-electron chi connectivity index (χ0n) is 20.1. The fourth-order valence-electron chi connectivity index (χ4n) is 3.49. The fraction of sp³-hybridized carbons (Fsp3) is 0.214. The molecule has 0 bridgehead atoms. The Morgan fingerprint density at radius 2 is 1.03 bits per heavy atom. The molecule has 166 valence electrons. The summed E-state index contributed by atoms with van der Waals surface area (Å²) in [6.45, 7) is 13.7. The molecule has 4 heteroatoms. The van der Waals surface area contributed by atoms with Crippen molar-refractivity contribution in [2.45, 2.75) is 39.3 Å². The highest BCUT2D eigenvalue weighted by Gasteiger charge is 2.23. The number of allylic oxidation sites excluding steroid dienone is 1. The van der Waals surface area contributed by atoms with E-state index >= 15 is 0 Å². The molecule has 0 fully saturated rings. The molecule has 0 atom stereocenters. The normalized spacial score (nSPS) is 12.2. The maximum absolute atomic E-state index is 6.79. The minimum absolute atomic E-state index is 0.922. The second kappa shape index (κ2) is 10.2. The van der Waals surface area contributed by atoms with Crippen LogP contribution in [0.1, 0.15) is 16.7 Å². The lowest BCUT2D eigenvalue weighted by Gasteiger charge is -2.27. The van der Waals surface area contributed by atoms with Crippen molar-refractivity contribution in [2.24, 2.45) is 0 Å². The fourth-order valence-corrected chi connectivity index (χ4v) is 5.33. The van der Waals surface area contributed by atoms with Gasteiger partial charge in [0.15, 0.2) is 0 Å². The minimum atomic E-state index is -1.89. The molecule has 1 N–H and O–H groups in total. The van der Waals surface area contributed by atoms with Crippen LogP contribution in [0.5, 0.6) is 0 Å². The van der Waals surface area contributed by atoms with Crippen LogP contribution in [-0.4, -0.2) is 16.6 Å². The van der Waals surface area contributed by atoms with E-state index in [1.165, 1.54) is 5.56 Å². The minimum Gasteiger partial charge on any atom is -0.544 e. The Morgan fingerprint density at radius 1 is 0.625 bits per heavy atom. The lowest BCUT2D eigenvalue weighted by Crippen LogP contribution is -2.40. The first-order chi connectivity index (χ1) is 15.1. The number of benzene rings is 3. The Labute approximate surface area is 195 Å². The first-order valence-corrected chi connectivity index (χ1v) is 18.1. The maximum atomic E-state index is 6.79. The molecule has 2 nitrogen and oxygen atoms in total. The predicted molar refractivity (Wildman–Crippen MR) is 144 cm³/mol. The van der Waals surface area contributed by atoms with Crippen LogP contribution in [-0.2, 0) is 4.43 Å². The quantitative estimate of drug-likeness (QED) is 0.212. The molecule has 0 spiro atoms. The molecule has 3 aromatic carbocycles. The van der Waals surface area contributed by atoms with Crippen molar-refractivity contribution in [3.8, 4) is 0 Å². The summed E-state index contributed by atoms with van der Waals surface area (Å²) in [4.78, 5) is 3.85. The number of rotatable bonds is 8. The van der Waals surface area contributed by atoms with E-state index in [-0.39, 0.29) is 0 Å². The largest absolute Gasteiger partial charge is 0.544 e. The van der Waals surface area contributed by atoms with Crippen LogP contribution in [0.2, 0.25) is 39.3 Å². The SMILES string of the molecule is C[Si](C)(C)N/C(=C/C(O[Si](C)(C)C)=C(c1ccccc1)c1ccccc1)c1ccccc1. The predicted octanol–water partition coefficient (Wildman–Crippen LogP) is 7.76. The van der Waals surface area contributed by atoms with Gasteiger partial charge in [-0.3, -0.25) is 0 Å². The lowest BCUT2D eigenvalue weighted by molar-refractivity contribution is 0.444. The Balaban J connectivity index is 2.32. The third-order valence-electron chi connectivity index (χ3n) is 4.66. The van der Waals surface area contributed by atoms with Crippen molar-refractivity contribution in [3.63, 3.8) is 0 Å². The Bertz CT molecular complexity index is 1020. The number of hydrogen-bond donors (Lipinski definition) is 1. The summed E-state index contributed by atoms with van der Waals surface area (Å²) in [5.74, 6) is 0.922. The van der Waals surface area contributed by atoms with Gasteiger partial charge in [-0.1, -0.05) is 111 Å². The monoisotopic (exact) mass is 457 g/mol. The van der Waals surface area contributed by atoms with Crippen LogP contribution in [0, 0.1) is 0 Å². The zero-order chi connectivity index (χ0) is 23.2. The summed E-state index contributed by atoms with van der Waals surface area (Å²) in [7, 11) is -3.50. The maximum Gasteiger partial charge on any atom is 0.242 e. The molecule has 0 heterocycles. The summed E-state index contributed by atoms with van der Waals surface area (Å²) < 4.78 is 6.79. The summed E-state index contributed by atoms with van der Waals surface area (Å²) >= 11 is 0. The Kier molecular flexibility index (Phi) is 7.59. The molecule has 32 heavy (non-hydrogen) atoms. The highest BCUT2D eigenvalue weighted by atomic mass is 28.4. The molecule has 3 rings (SSSR count). The van der Waals surface area contributed by atoms with E-state index in [0.29, 0.717) is 0 Å². The standard InChI is InChI=1S/C28H35NOSi2/c1-31(2,3)29-26(23-16-10-7-11-17-23)22-27(30-32(4,5)6)28(24-18-12-8-13-19-24)25-20-14-9-15-21-25/h7-22,29H,1-6H3/b26-22+. The van der Waals surface area contributed by atoms with Crippen molar-refractivity contribution < 1.29 is 4.43 Å². The third-order valence-corrected chi connectivity index (χ3v) is 6.51. The van der Waals surface area contributed by atoms with Gasteiger partial charge in [0.2, 0.25) is 8.32 Å². The summed E-state index contributed by atoms with van der Waals surface area (Å²) in [6, 6.07) is 31.7. The van der Waals surface area contributed by atoms with Gasteiger partial charge in [0.1, 0.15) is 14.0 Å². The molecule has 0 saturated heterocycles. The molecule has 3 aromatic rings. The second-order valence-corrected chi connectivity index (χ2v) is 19.2. The van der Waals surface area contributed by atoms with Crippen LogP contribution in [0.25, 0.3) is 11.3 Å². The van der Waals surface area contributed by atoms with Gasteiger partial charge in [-0.15, -0.1) is 0 Å². The van der Waals surface area contributed by atoms with E-state index in [9.17, 15) is 0 Å². The van der Waals surface area contributed by atoms with Crippen LogP contribution >= 0.6 is 0 Å². The molecule has 0 aliphatic carbocycles. The van der Waals surface area contributed by atoms with Gasteiger partial charge in [0.25, 0.3) is 0 Å². The van der Waals surface area contributed by atoms with Gasteiger partial charge in [0.05, 0.1) is 0 Å². The van der Waals surface area contributed by atoms with Crippen molar-refractivity contribution in [3.05, 3.63) is 120 Å². The van der Waals surface area contributed by atoms with Crippen molar-refractivity contribution >= 4 is 27.8 Å². The van der Waals surface area contributed by atoms with Gasteiger partial charge in [-0.25, -0.2) is 0 Å². The lowest BCUT2D eigenvalue weighted by atomic mass is 9.96. The summed E-state index contributed by atoms with van der Waals surface area (Å²) in [5, 5.41) is 0. The topological polar surface area (TPSA) is 21.3 Å². The van der Waals surface area contributed by atoms with Crippen molar-refractivity contribution in [2.75, 3.05) is 0 Å². The molecule has 0 unspecified atom stereocenters. The molecular weight excluding hydrogens is 422 g/mol. The summed E-state index contributed by atoms with van der Waals surface area (Å²) in [5.41, 5.74) is 5.72. The van der Waals surface area contributed by atoms with E-state index < -0.39 is 16.6 Å². The molecule has 0 aliphatic heterocycles. The van der Waals surface area contributed by atoms with E-state index in [1.807, 2.05) is 0 Å². The zero-order valence-corrected chi connectivity index (χ0v) is 22.1. The molecule has 0 radical (unpaired) electrons. The van der Waals surface area contributed by atoms with Gasteiger partial charge in [-0.2, -0.15) is 0 Å². The smallest absolute Gasteiger partial charge is 0.242 e. The van der Waals surface area contributed by atoms with Crippen molar-refractivity contribution in [1.82, 2.24) is 4.98 Å². The van der Waals surface area contributed by atoms with Gasteiger partial charge in [-0.05, 0) is 36.3 Å². The molecule has 0 amide bonds. The number of nitrogens with one attached hydrogen (secondary N) is 1. The average molecular weight is 458 g/mol. The van der Waals surface area contributed by atoms with Gasteiger partial charge < -0.3 is 9.41 Å². The van der Waals surface area contributed by atoms with Crippen LogP contribution in [0.4, 0.5) is 0 Å². The highest BCUT2D eigenvalue weighted by molar-refractivity contribution is 6.74. The second-order valence-electron chi connectivity index (χ2n) is 9.98. The van der Waals surface area contributed by atoms with E-state index in [4.69, 9.17) is 4.43 Å². The molecular formula is C28H35NOSi2. The van der Waals surface area contributed by atoms with E-state index in [1.54, 1.807) is 0 Å². The first-order valence-electron chi connectivity index (χ1n) is 11.2. The average Bonchev–Trinajstić information content (AvgIpc) is 2.73. The Hall–Kier alpha value is -2.83. The first kappa shape index (κ1) is 23.8. The van der Waals surface area contributed by atoms with E-state index in [2.05, 4.69) is 141 Å². The molecule has 0 aromatic heterocycles. The molecule has 0 saturated carbocycles. The van der Waals surface area contributed by atoms with Crippen LogP contribution in [0.3, 0.4) is 0 Å². The van der Waals surface area contributed by atoms with Crippen LogP contribution in [0.15, 0.2) is 103 Å². The summed E-state index contributed by atoms with van der Waals surface area (Å²) in [6.07, 6.45) is 2.22. The van der Waals surface area contributed by atoms with E-state index in [0.717, 1.165) is 28.2 Å². The van der Waals surface area contributed by atoms with Gasteiger partial charge in [0, 0.05) is 17.3 Å². The third kappa shape index (κ3) is 7.11. The van der Waals surface area contributed by atoms with Crippen LogP contribution < -0.4 is 4.98 Å².